The van der Waals surface area contributed by atoms with Gasteiger partial charge in [0.25, 0.3) is 0 Å². The molecule has 0 bridgehead atoms. The van der Waals surface area contributed by atoms with Crippen LogP contribution >= 0.6 is 0 Å². The zero-order valence-corrected chi connectivity index (χ0v) is 16.1. The SMILES string of the molecule is COC1=C(C)CC#CC(NC2CCCN(CCc3ccccc3)CC2)=C1. The van der Waals surface area contributed by atoms with Crippen molar-refractivity contribution in [1.82, 2.24) is 10.2 Å². The van der Waals surface area contributed by atoms with Gasteiger partial charge in [0.2, 0.25) is 0 Å². The van der Waals surface area contributed by atoms with E-state index in [0.717, 1.165) is 37.4 Å². The van der Waals surface area contributed by atoms with Crippen molar-refractivity contribution in [3.63, 3.8) is 0 Å². The van der Waals surface area contributed by atoms with Gasteiger partial charge in [-0.3, -0.25) is 0 Å². The van der Waals surface area contributed by atoms with E-state index >= 15 is 0 Å². The van der Waals surface area contributed by atoms with Gasteiger partial charge in [-0.25, -0.2) is 0 Å². The summed E-state index contributed by atoms with van der Waals surface area (Å²) in [6.45, 7) is 5.58. The second kappa shape index (κ2) is 9.50. The molecule has 1 N–H and O–H groups in total. The zero-order chi connectivity index (χ0) is 18.2. The van der Waals surface area contributed by atoms with Gasteiger partial charge in [0, 0.05) is 31.6 Å². The maximum Gasteiger partial charge on any atom is 0.121 e. The first kappa shape index (κ1) is 18.6. The molecule has 1 saturated heterocycles. The van der Waals surface area contributed by atoms with Crippen LogP contribution in [0.2, 0.25) is 0 Å². The molecule has 1 aromatic carbocycles. The lowest BCUT2D eigenvalue weighted by molar-refractivity contribution is 0.286. The first-order valence-electron chi connectivity index (χ1n) is 9.71. The smallest absolute Gasteiger partial charge is 0.121 e. The van der Waals surface area contributed by atoms with E-state index in [0.29, 0.717) is 6.04 Å². The highest BCUT2D eigenvalue weighted by Crippen LogP contribution is 2.17. The van der Waals surface area contributed by atoms with Crippen molar-refractivity contribution >= 4 is 0 Å². The third-order valence-electron chi connectivity index (χ3n) is 5.23. The highest BCUT2D eigenvalue weighted by molar-refractivity contribution is 5.39. The molecule has 3 heteroatoms. The fourth-order valence-electron chi connectivity index (χ4n) is 3.64. The van der Waals surface area contributed by atoms with Crippen LogP contribution in [0, 0.1) is 11.8 Å². The second-order valence-corrected chi connectivity index (χ2v) is 7.23. The molecule has 0 amide bonds. The van der Waals surface area contributed by atoms with Crippen LogP contribution in [0.15, 0.2) is 53.4 Å². The number of allylic oxidation sites excluding steroid dienone is 3. The van der Waals surface area contributed by atoms with E-state index in [1.165, 1.54) is 36.9 Å². The number of hydrogen-bond acceptors (Lipinski definition) is 3. The Morgan fingerprint density at radius 3 is 2.85 bits per heavy atom. The van der Waals surface area contributed by atoms with Gasteiger partial charge in [-0.2, -0.15) is 0 Å². The van der Waals surface area contributed by atoms with Crippen molar-refractivity contribution in [3.05, 3.63) is 59.0 Å². The largest absolute Gasteiger partial charge is 0.497 e. The molecule has 0 radical (unpaired) electrons. The number of rotatable bonds is 6. The standard InChI is InChI=1S/C23H30N2O/c1-19-8-6-11-22(18-23(19)26-2)24-21-12-7-15-25(17-14-21)16-13-20-9-4-3-5-10-20/h3-5,9-10,18,21,24H,7-8,12-17H2,1-2H3. The van der Waals surface area contributed by atoms with Crippen LogP contribution < -0.4 is 5.32 Å². The lowest BCUT2D eigenvalue weighted by Crippen LogP contribution is -2.31. The topological polar surface area (TPSA) is 24.5 Å². The van der Waals surface area contributed by atoms with Crippen LogP contribution in [0.25, 0.3) is 0 Å². The molecular weight excluding hydrogens is 320 g/mol. The molecular formula is C23H30N2O. The van der Waals surface area contributed by atoms with Crippen LogP contribution in [0.3, 0.4) is 0 Å². The maximum atomic E-state index is 5.49. The van der Waals surface area contributed by atoms with Crippen molar-refractivity contribution < 1.29 is 4.74 Å². The third-order valence-corrected chi connectivity index (χ3v) is 5.23. The van der Waals surface area contributed by atoms with Gasteiger partial charge < -0.3 is 15.0 Å². The third kappa shape index (κ3) is 5.41. The normalized spacial score (nSPS) is 21.2. The summed E-state index contributed by atoms with van der Waals surface area (Å²) in [5.41, 5.74) is 3.63. The van der Waals surface area contributed by atoms with Crippen molar-refractivity contribution in [2.24, 2.45) is 0 Å². The summed E-state index contributed by atoms with van der Waals surface area (Å²) in [7, 11) is 1.73. The average Bonchev–Trinajstić information content (AvgIpc) is 2.99. The summed E-state index contributed by atoms with van der Waals surface area (Å²) in [5, 5.41) is 3.66. The van der Waals surface area contributed by atoms with Crippen LogP contribution in [-0.2, 0) is 11.2 Å². The van der Waals surface area contributed by atoms with Gasteiger partial charge >= 0.3 is 0 Å². The molecule has 0 saturated carbocycles. The molecule has 1 aromatic rings. The summed E-state index contributed by atoms with van der Waals surface area (Å²) in [6.07, 6.45) is 7.58. The summed E-state index contributed by atoms with van der Waals surface area (Å²) < 4.78 is 5.49. The molecule has 2 aliphatic rings. The number of nitrogens with zero attached hydrogens (tertiary/aromatic N) is 1. The maximum absolute atomic E-state index is 5.49. The monoisotopic (exact) mass is 350 g/mol. The van der Waals surface area contributed by atoms with E-state index in [4.69, 9.17) is 4.74 Å². The van der Waals surface area contributed by atoms with E-state index in [1.807, 2.05) is 0 Å². The van der Waals surface area contributed by atoms with Crippen molar-refractivity contribution in [2.45, 2.75) is 45.1 Å². The fraction of sp³-hybridized carbons (Fsp3) is 0.478. The summed E-state index contributed by atoms with van der Waals surface area (Å²) in [5.74, 6) is 7.43. The summed E-state index contributed by atoms with van der Waals surface area (Å²) >= 11 is 0. The molecule has 3 rings (SSSR count). The lowest BCUT2D eigenvalue weighted by atomic mass is 10.1. The Hall–Kier alpha value is -2.18. The quantitative estimate of drug-likeness (QED) is 0.788. The predicted molar refractivity (Wildman–Crippen MR) is 108 cm³/mol. The van der Waals surface area contributed by atoms with Crippen LogP contribution in [0.1, 0.15) is 38.2 Å². The first-order valence-corrected chi connectivity index (χ1v) is 9.71. The molecule has 0 aromatic heterocycles. The molecule has 1 unspecified atom stereocenters. The Labute approximate surface area is 158 Å². The molecule has 0 spiro atoms. The molecule has 1 aliphatic carbocycles. The molecule has 1 aliphatic heterocycles. The first-order chi connectivity index (χ1) is 12.7. The molecule has 1 fully saturated rings. The van der Waals surface area contributed by atoms with Gasteiger partial charge in [-0.15, -0.1) is 0 Å². The molecule has 1 atom stereocenters. The van der Waals surface area contributed by atoms with Gasteiger partial charge in [-0.1, -0.05) is 36.3 Å². The van der Waals surface area contributed by atoms with Gasteiger partial charge in [-0.05, 0) is 56.2 Å². The van der Waals surface area contributed by atoms with Crippen molar-refractivity contribution in [3.8, 4) is 11.8 Å². The number of ether oxygens (including phenoxy) is 1. The molecule has 3 nitrogen and oxygen atoms in total. The number of likely N-dealkylation sites (tertiary alicyclic amines) is 1. The Balaban J connectivity index is 1.51. The van der Waals surface area contributed by atoms with Crippen molar-refractivity contribution in [1.29, 1.82) is 0 Å². The fourth-order valence-corrected chi connectivity index (χ4v) is 3.64. The van der Waals surface area contributed by atoms with E-state index in [-0.39, 0.29) is 0 Å². The average molecular weight is 351 g/mol. The van der Waals surface area contributed by atoms with Crippen molar-refractivity contribution in [2.75, 3.05) is 26.7 Å². The number of hydrogen-bond donors (Lipinski definition) is 1. The predicted octanol–water partition coefficient (Wildman–Crippen LogP) is 3.88. The van der Waals surface area contributed by atoms with Gasteiger partial charge in [0.1, 0.15) is 5.76 Å². The minimum atomic E-state index is 0.494. The minimum Gasteiger partial charge on any atom is -0.497 e. The minimum absolute atomic E-state index is 0.494. The molecule has 138 valence electrons. The second-order valence-electron chi connectivity index (χ2n) is 7.23. The van der Waals surface area contributed by atoms with E-state index in [1.54, 1.807) is 7.11 Å². The number of nitrogens with one attached hydrogen (secondary N) is 1. The summed E-state index contributed by atoms with van der Waals surface area (Å²) in [4.78, 5) is 2.60. The zero-order valence-electron chi connectivity index (χ0n) is 16.1. The molecule has 26 heavy (non-hydrogen) atoms. The lowest BCUT2D eigenvalue weighted by Gasteiger charge is -2.21. The summed E-state index contributed by atoms with van der Waals surface area (Å²) in [6, 6.07) is 11.3. The Morgan fingerprint density at radius 2 is 2.04 bits per heavy atom. The number of benzene rings is 1. The highest BCUT2D eigenvalue weighted by Gasteiger charge is 2.17. The van der Waals surface area contributed by atoms with Gasteiger partial charge in [0.05, 0.1) is 12.8 Å². The van der Waals surface area contributed by atoms with Crippen LogP contribution in [0.4, 0.5) is 0 Å². The molecule has 1 heterocycles. The van der Waals surface area contributed by atoms with Crippen LogP contribution in [-0.4, -0.2) is 37.7 Å². The Morgan fingerprint density at radius 1 is 1.19 bits per heavy atom. The Kier molecular flexibility index (Phi) is 6.80. The van der Waals surface area contributed by atoms with E-state index in [2.05, 4.69) is 65.4 Å². The Bertz CT molecular complexity index is 709. The van der Waals surface area contributed by atoms with E-state index in [9.17, 15) is 0 Å². The van der Waals surface area contributed by atoms with E-state index < -0.39 is 0 Å². The van der Waals surface area contributed by atoms with Gasteiger partial charge in [0.15, 0.2) is 0 Å². The van der Waals surface area contributed by atoms with Crippen LogP contribution in [0.5, 0.6) is 0 Å². The highest BCUT2D eigenvalue weighted by atomic mass is 16.5. The number of methoxy groups -OCH3 is 1.